The second-order valence-electron chi connectivity index (χ2n) is 6.84. The maximum atomic E-state index is 13.4. The number of aryl methyl sites for hydroxylation is 1. The average Bonchev–Trinajstić information content (AvgIpc) is 3.26. The van der Waals surface area contributed by atoms with E-state index in [-0.39, 0.29) is 28.4 Å². The number of hydrogen-bond acceptors (Lipinski definition) is 7. The first-order valence-electron chi connectivity index (χ1n) is 9.15. The standard InChI is InChI=1S/C18H14ClF3N8O2/c1-9-11(5-23)15-13(7-24-9)29(8-14(32-15)18(20,21)22)17(31)28-10-4-12(19)16(25-6-10)30-26-2-3-27-30/h2-4,6-7,12,14,16H,8H2,1H3,(H,28,31)/t12-,14?,16?/m0/s1. The topological polar surface area (TPSA) is 121 Å². The molecule has 0 bridgehead atoms. The van der Waals surface area contributed by atoms with Crippen LogP contribution in [-0.2, 0) is 0 Å². The van der Waals surface area contributed by atoms with Gasteiger partial charge in [0, 0.05) is 6.21 Å². The summed E-state index contributed by atoms with van der Waals surface area (Å²) in [5, 5.41) is 19.0. The van der Waals surface area contributed by atoms with Gasteiger partial charge in [-0.15, -0.1) is 11.6 Å². The Morgan fingerprint density at radius 2 is 2.09 bits per heavy atom. The predicted molar refractivity (Wildman–Crippen MR) is 105 cm³/mol. The van der Waals surface area contributed by atoms with Crippen molar-refractivity contribution in [2.24, 2.45) is 4.99 Å². The summed E-state index contributed by atoms with van der Waals surface area (Å²) in [6, 6.07) is 0.890. The minimum absolute atomic E-state index is 0.0560. The molecule has 0 fully saturated rings. The molecule has 3 atom stereocenters. The Kier molecular flexibility index (Phi) is 5.47. The largest absolute Gasteiger partial charge is 0.475 e. The number of nitriles is 1. The Balaban J connectivity index is 1.60. The number of urea groups is 1. The third kappa shape index (κ3) is 3.96. The molecule has 1 N–H and O–H groups in total. The molecule has 0 saturated carbocycles. The fourth-order valence-corrected chi connectivity index (χ4v) is 3.48. The van der Waals surface area contributed by atoms with E-state index in [1.165, 1.54) is 42.6 Å². The number of anilines is 1. The summed E-state index contributed by atoms with van der Waals surface area (Å²) < 4.78 is 45.4. The van der Waals surface area contributed by atoms with E-state index in [0.717, 1.165) is 4.90 Å². The summed E-state index contributed by atoms with van der Waals surface area (Å²) in [6.45, 7) is 0.630. The Morgan fingerprint density at radius 1 is 1.38 bits per heavy atom. The van der Waals surface area contributed by atoms with E-state index in [2.05, 4.69) is 25.5 Å². The van der Waals surface area contributed by atoms with Crippen molar-refractivity contribution >= 4 is 29.5 Å². The molecule has 4 heterocycles. The molecule has 2 aliphatic heterocycles. The maximum absolute atomic E-state index is 13.4. The number of carbonyl (C=O) groups excluding carboxylic acids is 1. The number of allylic oxidation sites excluding steroid dienone is 1. The lowest BCUT2D eigenvalue weighted by Gasteiger charge is -2.36. The van der Waals surface area contributed by atoms with Crippen molar-refractivity contribution in [1.29, 1.82) is 5.26 Å². The zero-order chi connectivity index (χ0) is 23.0. The van der Waals surface area contributed by atoms with Gasteiger partial charge in [0.25, 0.3) is 0 Å². The van der Waals surface area contributed by atoms with Crippen molar-refractivity contribution in [1.82, 2.24) is 25.3 Å². The van der Waals surface area contributed by atoms with Gasteiger partial charge in [0.15, 0.2) is 11.9 Å². The highest BCUT2D eigenvalue weighted by atomic mass is 35.5. The highest BCUT2D eigenvalue weighted by Gasteiger charge is 2.48. The molecule has 32 heavy (non-hydrogen) atoms. The molecule has 0 aliphatic carbocycles. The molecule has 2 aromatic rings. The molecule has 0 radical (unpaired) electrons. The van der Waals surface area contributed by atoms with Crippen molar-refractivity contribution in [3.63, 3.8) is 0 Å². The second kappa shape index (κ2) is 8.12. The van der Waals surface area contributed by atoms with Gasteiger partial charge < -0.3 is 10.1 Å². The van der Waals surface area contributed by atoms with Crippen LogP contribution in [0.25, 0.3) is 0 Å². The van der Waals surface area contributed by atoms with Crippen LogP contribution in [0.1, 0.15) is 17.4 Å². The van der Waals surface area contributed by atoms with E-state index >= 15 is 0 Å². The molecule has 14 heteroatoms. The van der Waals surface area contributed by atoms with Gasteiger partial charge >= 0.3 is 12.2 Å². The number of dihydropyridines is 1. The Hall–Kier alpha value is -3.66. The molecule has 2 amide bonds. The fourth-order valence-electron chi connectivity index (χ4n) is 3.18. The molecular formula is C18H14ClF3N8O2. The molecule has 2 aliphatic rings. The minimum atomic E-state index is -4.77. The van der Waals surface area contributed by atoms with Gasteiger partial charge in [-0.05, 0) is 13.0 Å². The number of aromatic nitrogens is 4. The highest BCUT2D eigenvalue weighted by molar-refractivity contribution is 6.22. The number of carbonyl (C=O) groups is 1. The van der Waals surface area contributed by atoms with Gasteiger partial charge in [-0.3, -0.25) is 14.9 Å². The van der Waals surface area contributed by atoms with Crippen LogP contribution in [0.2, 0.25) is 0 Å². The summed E-state index contributed by atoms with van der Waals surface area (Å²) in [6.07, 6.45) is -0.854. The fraction of sp³-hybridized carbons (Fsp3) is 0.333. The summed E-state index contributed by atoms with van der Waals surface area (Å²) in [4.78, 5) is 23.2. The van der Waals surface area contributed by atoms with Crippen molar-refractivity contribution in [2.45, 2.75) is 30.7 Å². The molecule has 2 aromatic heterocycles. The van der Waals surface area contributed by atoms with E-state index in [1.54, 1.807) is 6.07 Å². The first-order chi connectivity index (χ1) is 15.2. The average molecular weight is 467 g/mol. The monoisotopic (exact) mass is 466 g/mol. The number of amides is 2. The van der Waals surface area contributed by atoms with Gasteiger partial charge in [-0.2, -0.15) is 33.4 Å². The van der Waals surface area contributed by atoms with Crippen LogP contribution < -0.4 is 15.0 Å². The van der Waals surface area contributed by atoms with Crippen molar-refractivity contribution < 1.29 is 22.7 Å². The molecule has 0 aromatic carbocycles. The summed E-state index contributed by atoms with van der Waals surface area (Å²) in [5.74, 6) is -0.352. The first-order valence-corrected chi connectivity index (χ1v) is 9.59. The maximum Gasteiger partial charge on any atom is 0.427 e. The number of pyridine rings is 1. The molecule has 10 nitrogen and oxygen atoms in total. The lowest BCUT2D eigenvalue weighted by Crippen LogP contribution is -2.53. The van der Waals surface area contributed by atoms with Gasteiger partial charge in [-0.1, -0.05) is 0 Å². The van der Waals surface area contributed by atoms with E-state index < -0.39 is 36.4 Å². The van der Waals surface area contributed by atoms with Crippen molar-refractivity contribution in [2.75, 3.05) is 11.4 Å². The molecule has 2 unspecified atom stereocenters. The zero-order valence-electron chi connectivity index (χ0n) is 16.3. The number of rotatable bonds is 2. The molecule has 0 saturated heterocycles. The van der Waals surface area contributed by atoms with E-state index in [0.29, 0.717) is 0 Å². The van der Waals surface area contributed by atoms with Gasteiger partial charge in [0.05, 0.1) is 41.9 Å². The third-order valence-corrected chi connectivity index (χ3v) is 5.09. The van der Waals surface area contributed by atoms with Crippen molar-refractivity contribution in [3.05, 3.63) is 41.6 Å². The highest BCUT2D eigenvalue weighted by Crippen LogP contribution is 2.40. The number of halogens is 4. The number of aliphatic imine (C=N–C) groups is 1. The first kappa shape index (κ1) is 21.6. The molecule has 0 spiro atoms. The zero-order valence-corrected chi connectivity index (χ0v) is 17.0. The summed E-state index contributed by atoms with van der Waals surface area (Å²) >= 11 is 6.29. The van der Waals surface area contributed by atoms with Crippen molar-refractivity contribution in [3.8, 4) is 11.8 Å². The predicted octanol–water partition coefficient (Wildman–Crippen LogP) is 2.47. The van der Waals surface area contributed by atoms with Crippen LogP contribution in [-0.4, -0.2) is 56.4 Å². The second-order valence-corrected chi connectivity index (χ2v) is 7.35. The van der Waals surface area contributed by atoms with Crippen LogP contribution in [0.4, 0.5) is 23.7 Å². The molecular weight excluding hydrogens is 453 g/mol. The quantitative estimate of drug-likeness (QED) is 0.678. The van der Waals surface area contributed by atoms with Crippen LogP contribution in [0.15, 0.2) is 35.4 Å². The van der Waals surface area contributed by atoms with Gasteiger partial charge in [0.2, 0.25) is 6.10 Å². The Labute approximate surface area is 183 Å². The molecule has 4 rings (SSSR count). The number of nitrogens with zero attached hydrogens (tertiary/aromatic N) is 7. The minimum Gasteiger partial charge on any atom is -0.475 e. The number of fused-ring (bicyclic) bond motifs is 1. The van der Waals surface area contributed by atoms with Gasteiger partial charge in [0.1, 0.15) is 17.3 Å². The number of nitrogens with one attached hydrogen (secondary N) is 1. The Morgan fingerprint density at radius 3 is 2.72 bits per heavy atom. The van der Waals surface area contributed by atoms with Crippen LogP contribution in [0.5, 0.6) is 5.75 Å². The number of ether oxygens (including phenoxy) is 1. The van der Waals surface area contributed by atoms with E-state index in [4.69, 9.17) is 16.3 Å². The lowest BCUT2D eigenvalue weighted by molar-refractivity contribution is -0.193. The number of hydrogen-bond donors (Lipinski definition) is 1. The van der Waals surface area contributed by atoms with Gasteiger partial charge in [-0.25, -0.2) is 4.79 Å². The summed E-state index contributed by atoms with van der Waals surface area (Å²) in [7, 11) is 0. The summed E-state index contributed by atoms with van der Waals surface area (Å²) in [5.41, 5.74) is 0.123. The van der Waals surface area contributed by atoms with Crippen LogP contribution in [0, 0.1) is 18.3 Å². The SMILES string of the molecule is Cc1ncc2c(c1C#N)OC(C(F)(F)F)CN2C(=O)NC1=C[C@H](Cl)C(n2nccn2)N=C1. The van der Waals surface area contributed by atoms with Crippen LogP contribution >= 0.6 is 11.6 Å². The smallest absolute Gasteiger partial charge is 0.427 e. The lowest BCUT2D eigenvalue weighted by atomic mass is 10.1. The normalized spacial score (nSPS) is 22.4. The van der Waals surface area contributed by atoms with E-state index in [1.807, 2.05) is 0 Å². The Bertz CT molecular complexity index is 1140. The molecule has 166 valence electrons. The van der Waals surface area contributed by atoms with Crippen LogP contribution in [0.3, 0.4) is 0 Å². The number of alkyl halides is 4. The third-order valence-electron chi connectivity index (χ3n) is 4.74. The van der Waals surface area contributed by atoms with E-state index in [9.17, 15) is 23.2 Å².